The summed E-state index contributed by atoms with van der Waals surface area (Å²) in [4.78, 5) is 0. The van der Waals surface area contributed by atoms with Crippen molar-refractivity contribution in [1.82, 2.24) is 0 Å². The van der Waals surface area contributed by atoms with E-state index in [1.54, 1.807) is 0 Å². The van der Waals surface area contributed by atoms with Crippen LogP contribution in [0.1, 0.15) is 41.5 Å². The van der Waals surface area contributed by atoms with Gasteiger partial charge in [0.2, 0.25) is 0 Å². The predicted molar refractivity (Wildman–Crippen MR) is 47.6 cm³/mol. The van der Waals surface area contributed by atoms with E-state index in [2.05, 4.69) is 0 Å². The third kappa shape index (κ3) is 4940. The van der Waals surface area contributed by atoms with Gasteiger partial charge in [-0.1, -0.05) is 0 Å². The van der Waals surface area contributed by atoms with Gasteiger partial charge >= 0.3 is 21.0 Å². The Hall–Kier alpha value is 0.384. The SMILES string of the molecule is C[CH-]C.C[CH-]C.C[CH-]C.[O]=[V]. The van der Waals surface area contributed by atoms with Crippen LogP contribution < -0.4 is 0 Å². The molecule has 0 saturated carbocycles. The van der Waals surface area contributed by atoms with Crippen molar-refractivity contribution in [2.75, 3.05) is 0 Å². The van der Waals surface area contributed by atoms with Crippen molar-refractivity contribution in [2.24, 2.45) is 0 Å². The van der Waals surface area contributed by atoms with Gasteiger partial charge in [0.1, 0.15) is 0 Å². The molecule has 0 aliphatic heterocycles. The van der Waals surface area contributed by atoms with E-state index in [9.17, 15) is 0 Å². The molecular weight excluding hydrogens is 175 g/mol. The summed E-state index contributed by atoms with van der Waals surface area (Å²) in [6.07, 6.45) is 6.00. The maximum absolute atomic E-state index is 8.19. The molecule has 0 amide bonds. The Morgan fingerprint density at radius 2 is 0.636 bits per heavy atom. The first-order valence-electron chi connectivity index (χ1n) is 3.65. The van der Waals surface area contributed by atoms with E-state index < -0.39 is 0 Å². The molecule has 11 heavy (non-hydrogen) atoms. The van der Waals surface area contributed by atoms with Gasteiger partial charge < -0.3 is 19.3 Å². The molecule has 0 rings (SSSR count). The fourth-order valence-corrected chi connectivity index (χ4v) is 0. The number of rotatable bonds is 0. The molecule has 71 valence electrons. The number of hydrogen-bond donors (Lipinski definition) is 0. The summed E-state index contributed by atoms with van der Waals surface area (Å²) in [5.74, 6) is 0. The van der Waals surface area contributed by atoms with Gasteiger partial charge in [0.05, 0.1) is 0 Å². The normalized spacial score (nSPS) is 5.18. The molecule has 0 fully saturated rings. The molecule has 0 aromatic rings. The molecule has 2 heteroatoms. The van der Waals surface area contributed by atoms with Crippen LogP contribution in [-0.4, -0.2) is 0 Å². The van der Waals surface area contributed by atoms with Gasteiger partial charge in [0.25, 0.3) is 0 Å². The molecular formula is C9H21OV-3. The molecule has 0 aromatic heterocycles. The van der Waals surface area contributed by atoms with Crippen molar-refractivity contribution < 1.29 is 21.0 Å². The minimum absolute atomic E-state index is 1.06. The molecule has 0 bridgehead atoms. The van der Waals surface area contributed by atoms with Gasteiger partial charge in [-0.05, 0) is 0 Å². The summed E-state index contributed by atoms with van der Waals surface area (Å²) in [7, 11) is 0. The van der Waals surface area contributed by atoms with Crippen molar-refractivity contribution >= 4 is 0 Å². The quantitative estimate of drug-likeness (QED) is 0.541. The zero-order chi connectivity index (χ0) is 10.1. The van der Waals surface area contributed by atoms with Crippen LogP contribution in [0.15, 0.2) is 0 Å². The predicted octanol–water partition coefficient (Wildman–Crippen LogP) is 3.57. The molecule has 0 radical (unpaired) electrons. The maximum atomic E-state index is 8.19. The van der Waals surface area contributed by atoms with Crippen LogP contribution in [0.2, 0.25) is 0 Å². The zero-order valence-corrected chi connectivity index (χ0v) is 9.98. The van der Waals surface area contributed by atoms with Gasteiger partial charge in [-0.25, -0.2) is 0 Å². The second-order valence-electron chi connectivity index (χ2n) is 1.73. The topological polar surface area (TPSA) is 17.1 Å². The molecule has 0 aliphatic carbocycles. The zero-order valence-electron chi connectivity index (χ0n) is 8.59. The Morgan fingerprint density at radius 1 is 0.636 bits per heavy atom. The molecule has 0 spiro atoms. The van der Waals surface area contributed by atoms with E-state index in [4.69, 9.17) is 3.67 Å². The Bertz CT molecular complexity index is 20.8. The Labute approximate surface area is 82.2 Å². The Kier molecular flexibility index (Phi) is 163. The number of hydrogen-bond acceptors (Lipinski definition) is 1. The van der Waals surface area contributed by atoms with Crippen molar-refractivity contribution in [1.29, 1.82) is 0 Å². The monoisotopic (exact) mass is 196 g/mol. The molecule has 0 aromatic carbocycles. The van der Waals surface area contributed by atoms with Crippen LogP contribution in [0.4, 0.5) is 0 Å². The molecule has 0 N–H and O–H groups in total. The third-order valence-corrected chi connectivity index (χ3v) is 0. The van der Waals surface area contributed by atoms with E-state index in [0.717, 1.165) is 17.4 Å². The van der Waals surface area contributed by atoms with Crippen LogP contribution in [0.3, 0.4) is 0 Å². The van der Waals surface area contributed by atoms with Crippen LogP contribution >= 0.6 is 0 Å². The van der Waals surface area contributed by atoms with E-state index in [-0.39, 0.29) is 0 Å². The molecule has 0 heterocycles. The van der Waals surface area contributed by atoms with Gasteiger partial charge in [0, 0.05) is 0 Å². The fourth-order valence-electron chi connectivity index (χ4n) is 0. The van der Waals surface area contributed by atoms with Crippen LogP contribution in [-0.2, 0) is 21.0 Å². The van der Waals surface area contributed by atoms with Gasteiger partial charge in [0.15, 0.2) is 0 Å². The minimum atomic E-state index is 1.06. The summed E-state index contributed by atoms with van der Waals surface area (Å²) in [6, 6.07) is 0. The van der Waals surface area contributed by atoms with Crippen molar-refractivity contribution in [3.8, 4) is 0 Å². The van der Waals surface area contributed by atoms with E-state index in [0.29, 0.717) is 0 Å². The average Bonchev–Trinajstić information content (AvgIpc) is 1.96. The molecule has 0 aliphatic rings. The van der Waals surface area contributed by atoms with Crippen LogP contribution in [0, 0.1) is 19.3 Å². The summed E-state index contributed by atoms with van der Waals surface area (Å²) in [5.41, 5.74) is 0. The van der Waals surface area contributed by atoms with Crippen molar-refractivity contribution in [3.05, 3.63) is 19.3 Å². The Morgan fingerprint density at radius 3 is 0.636 bits per heavy atom. The average molecular weight is 196 g/mol. The summed E-state index contributed by atoms with van der Waals surface area (Å²) in [5, 5.41) is 0. The van der Waals surface area contributed by atoms with Gasteiger partial charge in [-0.2, -0.15) is 41.5 Å². The van der Waals surface area contributed by atoms with E-state index in [1.807, 2.05) is 60.8 Å². The van der Waals surface area contributed by atoms with Crippen LogP contribution in [0.25, 0.3) is 0 Å². The van der Waals surface area contributed by atoms with Gasteiger partial charge in [-0.15, -0.1) is 0 Å². The fraction of sp³-hybridized carbons (Fsp3) is 0.667. The van der Waals surface area contributed by atoms with Gasteiger partial charge in [-0.3, -0.25) is 0 Å². The van der Waals surface area contributed by atoms with Crippen molar-refractivity contribution in [2.45, 2.75) is 41.5 Å². The molecule has 1 nitrogen and oxygen atoms in total. The summed E-state index contributed by atoms with van der Waals surface area (Å²) < 4.78 is 8.19. The first-order valence-corrected chi connectivity index (χ1v) is 4.22. The second-order valence-corrected chi connectivity index (χ2v) is 1.73. The Balaban J connectivity index is -0.0000000301. The molecule has 0 atom stereocenters. The van der Waals surface area contributed by atoms with Crippen LogP contribution in [0.5, 0.6) is 0 Å². The molecule has 0 unspecified atom stereocenters. The van der Waals surface area contributed by atoms with E-state index >= 15 is 0 Å². The second kappa shape index (κ2) is 79.8. The first kappa shape index (κ1) is 22.5. The summed E-state index contributed by atoms with van der Waals surface area (Å²) in [6.45, 7) is 12.0. The van der Waals surface area contributed by atoms with E-state index in [1.165, 1.54) is 0 Å². The van der Waals surface area contributed by atoms with Crippen molar-refractivity contribution in [3.63, 3.8) is 0 Å². The third-order valence-electron chi connectivity index (χ3n) is 0. The summed E-state index contributed by atoms with van der Waals surface area (Å²) >= 11 is 1.06. The molecule has 0 saturated heterocycles. The first-order chi connectivity index (χ1) is 5.24. The standard InChI is InChI=1S/3C3H7.O.V/c3*1-3-2;;/h3*3H,1-2H3;;/q3*-1;;.